The summed E-state index contributed by atoms with van der Waals surface area (Å²) in [6.45, 7) is -0.282. The summed E-state index contributed by atoms with van der Waals surface area (Å²) in [6, 6.07) is 11.6. The number of alkyl halides is 6. The summed E-state index contributed by atoms with van der Waals surface area (Å²) in [7, 11) is 0. The van der Waals surface area contributed by atoms with Crippen LogP contribution in [0.3, 0.4) is 0 Å². The molecule has 3 atom stereocenters. The van der Waals surface area contributed by atoms with Crippen LogP contribution in [0.25, 0.3) is 0 Å². The minimum atomic E-state index is -4.76. The quantitative estimate of drug-likeness (QED) is 0.429. The average Bonchev–Trinajstić information content (AvgIpc) is 3.56. The molecule has 4 heterocycles. The maximum atomic E-state index is 14.0. The summed E-state index contributed by atoms with van der Waals surface area (Å²) < 4.78 is 88.4. The number of hydrazine groups is 1. The van der Waals surface area contributed by atoms with Crippen molar-refractivity contribution in [2.45, 2.75) is 44.1 Å². The number of hydrogen-bond acceptors (Lipinski definition) is 7. The largest absolute Gasteiger partial charge is 0.492 e. The van der Waals surface area contributed by atoms with Gasteiger partial charge < -0.3 is 14.2 Å². The first kappa shape index (κ1) is 28.9. The Hall–Kier alpha value is -4.18. The molecule has 2 amide bonds. The van der Waals surface area contributed by atoms with Crippen LogP contribution in [0.2, 0.25) is 0 Å². The molecular weight excluding hydrogens is 584 g/mol. The van der Waals surface area contributed by atoms with Gasteiger partial charge in [0.05, 0.1) is 12.6 Å². The second-order valence-electron chi connectivity index (χ2n) is 10.5. The first-order valence-electron chi connectivity index (χ1n) is 13.4. The SMILES string of the molecule is O=C1NNCC(N2Cc3ccccc3C2COc2cccc(C(=O)N3CCn4c(nnc4C(F)(F)F)C3)c2)C1C(F)(F)F. The molecule has 16 heteroatoms. The highest BCUT2D eigenvalue weighted by Gasteiger charge is 2.55. The number of aromatic nitrogens is 3. The van der Waals surface area contributed by atoms with Gasteiger partial charge in [0.2, 0.25) is 11.7 Å². The lowest BCUT2D eigenvalue weighted by atomic mass is 9.94. The third-order valence-corrected chi connectivity index (χ3v) is 7.92. The van der Waals surface area contributed by atoms with E-state index in [0.717, 1.165) is 15.7 Å². The van der Waals surface area contributed by atoms with Crippen molar-refractivity contribution in [3.05, 3.63) is 76.9 Å². The molecule has 0 saturated carbocycles. The van der Waals surface area contributed by atoms with Gasteiger partial charge in [-0.2, -0.15) is 26.3 Å². The van der Waals surface area contributed by atoms with Crippen molar-refractivity contribution in [2.24, 2.45) is 5.92 Å². The molecule has 228 valence electrons. The minimum absolute atomic E-state index is 0.00916. The number of nitrogens with one attached hydrogen (secondary N) is 2. The van der Waals surface area contributed by atoms with E-state index in [1.165, 1.54) is 17.0 Å². The van der Waals surface area contributed by atoms with Crippen molar-refractivity contribution in [3.8, 4) is 5.75 Å². The number of rotatable bonds is 5. The van der Waals surface area contributed by atoms with Crippen LogP contribution in [0, 0.1) is 5.92 Å². The summed E-state index contributed by atoms with van der Waals surface area (Å²) in [6.07, 6.45) is -9.42. The van der Waals surface area contributed by atoms with E-state index in [9.17, 15) is 35.9 Å². The number of hydrogen-bond donors (Lipinski definition) is 2. The van der Waals surface area contributed by atoms with Gasteiger partial charge in [-0.15, -0.1) is 10.2 Å². The zero-order valence-electron chi connectivity index (χ0n) is 22.3. The smallest absolute Gasteiger partial charge is 0.451 e. The third-order valence-electron chi connectivity index (χ3n) is 7.92. The Kier molecular flexibility index (Phi) is 7.28. The predicted molar refractivity (Wildman–Crippen MR) is 136 cm³/mol. The summed E-state index contributed by atoms with van der Waals surface area (Å²) in [5, 5.41) is 6.83. The van der Waals surface area contributed by atoms with Crippen LogP contribution < -0.4 is 15.6 Å². The van der Waals surface area contributed by atoms with Crippen molar-refractivity contribution in [1.82, 2.24) is 35.4 Å². The van der Waals surface area contributed by atoms with E-state index >= 15 is 0 Å². The monoisotopic (exact) mass is 609 g/mol. The third kappa shape index (κ3) is 5.51. The highest BCUT2D eigenvalue weighted by Crippen LogP contribution is 2.41. The zero-order chi connectivity index (χ0) is 30.5. The molecule has 0 bridgehead atoms. The zero-order valence-corrected chi connectivity index (χ0v) is 22.3. The minimum Gasteiger partial charge on any atom is -0.492 e. The first-order valence-corrected chi connectivity index (χ1v) is 13.4. The van der Waals surface area contributed by atoms with E-state index in [0.29, 0.717) is 0 Å². The van der Waals surface area contributed by atoms with Gasteiger partial charge >= 0.3 is 12.4 Å². The molecule has 3 aromatic rings. The van der Waals surface area contributed by atoms with Crippen LogP contribution in [-0.4, -0.2) is 68.3 Å². The summed E-state index contributed by atoms with van der Waals surface area (Å²) in [4.78, 5) is 28.5. The van der Waals surface area contributed by atoms with Crippen LogP contribution in [0.5, 0.6) is 5.75 Å². The van der Waals surface area contributed by atoms with Crippen molar-refractivity contribution in [2.75, 3.05) is 19.7 Å². The van der Waals surface area contributed by atoms with Gasteiger partial charge in [-0.05, 0) is 29.3 Å². The van der Waals surface area contributed by atoms with Crippen LogP contribution >= 0.6 is 0 Å². The van der Waals surface area contributed by atoms with Crippen molar-refractivity contribution in [3.63, 3.8) is 0 Å². The van der Waals surface area contributed by atoms with Crippen molar-refractivity contribution < 1.29 is 40.7 Å². The van der Waals surface area contributed by atoms with Gasteiger partial charge in [-0.25, -0.2) is 5.43 Å². The van der Waals surface area contributed by atoms with Gasteiger partial charge in [0.25, 0.3) is 5.91 Å². The Bertz CT molecular complexity index is 1540. The van der Waals surface area contributed by atoms with Gasteiger partial charge in [0, 0.05) is 37.8 Å². The molecule has 43 heavy (non-hydrogen) atoms. The number of carbonyl (C=O) groups excluding carboxylic acids is 2. The summed E-state index contributed by atoms with van der Waals surface area (Å²) >= 11 is 0. The maximum absolute atomic E-state index is 14.0. The lowest BCUT2D eigenvalue weighted by Crippen LogP contribution is -2.64. The Morgan fingerprint density at radius 1 is 1.00 bits per heavy atom. The number of carbonyl (C=O) groups is 2. The molecule has 2 N–H and O–H groups in total. The lowest BCUT2D eigenvalue weighted by molar-refractivity contribution is -0.202. The van der Waals surface area contributed by atoms with Crippen LogP contribution in [0.4, 0.5) is 26.3 Å². The standard InChI is InChI=1S/C27H25F6N7O3/c28-26(29,30)22-19(11-34-36-23(22)41)40-12-16-4-1-2-7-18(16)20(40)14-43-17-6-3-5-15(10-17)24(42)38-8-9-39-21(13-38)35-37-25(39)27(31,32)33/h1-7,10,19-20,22,34H,8-9,11-14H2,(H,36,41). The van der Waals surface area contributed by atoms with Gasteiger partial charge in [-0.3, -0.25) is 19.9 Å². The highest BCUT2D eigenvalue weighted by atomic mass is 19.4. The molecule has 2 aromatic carbocycles. The normalized spacial score (nSPS) is 22.6. The van der Waals surface area contributed by atoms with Crippen LogP contribution in [0.15, 0.2) is 48.5 Å². The molecule has 0 spiro atoms. The topological polar surface area (TPSA) is 105 Å². The molecule has 0 radical (unpaired) electrons. The van der Waals surface area contributed by atoms with Crippen molar-refractivity contribution in [1.29, 1.82) is 0 Å². The molecule has 10 nitrogen and oxygen atoms in total. The lowest BCUT2D eigenvalue weighted by Gasteiger charge is -2.40. The molecule has 6 rings (SSSR count). The fourth-order valence-electron chi connectivity index (χ4n) is 5.93. The molecule has 3 aliphatic rings. The van der Waals surface area contributed by atoms with Gasteiger partial charge in [0.15, 0.2) is 11.7 Å². The Morgan fingerprint density at radius 3 is 2.56 bits per heavy atom. The molecule has 3 unspecified atom stereocenters. The van der Waals surface area contributed by atoms with E-state index in [2.05, 4.69) is 21.0 Å². The number of fused-ring (bicyclic) bond motifs is 2. The van der Waals surface area contributed by atoms with E-state index in [4.69, 9.17) is 4.74 Å². The number of ether oxygens (including phenoxy) is 1. The molecule has 1 fully saturated rings. The maximum Gasteiger partial charge on any atom is 0.451 e. The highest BCUT2D eigenvalue weighted by molar-refractivity contribution is 5.94. The van der Waals surface area contributed by atoms with E-state index in [-0.39, 0.29) is 56.5 Å². The van der Waals surface area contributed by atoms with Gasteiger partial charge in [0.1, 0.15) is 12.4 Å². The molecular formula is C27H25F6N7O3. The fraction of sp³-hybridized carbons (Fsp3) is 0.407. The van der Waals surface area contributed by atoms with E-state index in [1.807, 2.05) is 12.1 Å². The van der Waals surface area contributed by atoms with Crippen molar-refractivity contribution >= 4 is 11.8 Å². The molecule has 0 aliphatic carbocycles. The fourth-order valence-corrected chi connectivity index (χ4v) is 5.93. The number of nitrogens with zero attached hydrogens (tertiary/aromatic N) is 5. The molecule has 3 aliphatic heterocycles. The molecule has 1 saturated heterocycles. The average molecular weight is 610 g/mol. The predicted octanol–water partition coefficient (Wildman–Crippen LogP) is 3.07. The first-order chi connectivity index (χ1) is 20.4. The second kappa shape index (κ2) is 10.8. The van der Waals surface area contributed by atoms with E-state index in [1.54, 1.807) is 29.2 Å². The van der Waals surface area contributed by atoms with E-state index < -0.39 is 48.0 Å². The second-order valence-corrected chi connectivity index (χ2v) is 10.5. The number of benzene rings is 2. The Morgan fingerprint density at radius 2 is 1.79 bits per heavy atom. The number of amides is 2. The van der Waals surface area contributed by atoms with Crippen LogP contribution in [-0.2, 0) is 30.6 Å². The number of halogens is 6. The Balaban J connectivity index is 1.19. The summed E-state index contributed by atoms with van der Waals surface area (Å²) in [5.41, 5.74) is 6.45. The van der Waals surface area contributed by atoms with Gasteiger partial charge in [-0.1, -0.05) is 30.3 Å². The molecule has 1 aromatic heterocycles. The Labute approximate surface area is 240 Å². The van der Waals surface area contributed by atoms with Crippen LogP contribution in [0.1, 0.15) is 39.2 Å². The summed E-state index contributed by atoms with van der Waals surface area (Å²) in [5.74, 6) is -4.67.